The number of halogens is 1. The Kier molecular flexibility index (Phi) is 7.05. The van der Waals surface area contributed by atoms with Gasteiger partial charge in [0.15, 0.2) is 11.0 Å². The summed E-state index contributed by atoms with van der Waals surface area (Å²) in [5.74, 6) is 1.94. The zero-order valence-corrected chi connectivity index (χ0v) is 20.0. The molecule has 2 heterocycles. The van der Waals surface area contributed by atoms with Crippen LogP contribution in [0.2, 0.25) is 5.02 Å². The quantitative estimate of drug-likeness (QED) is 0.329. The largest absolute Gasteiger partial charge is 0.495 e. The van der Waals surface area contributed by atoms with Gasteiger partial charge in [-0.15, -0.1) is 10.2 Å². The molecule has 7 nitrogen and oxygen atoms in total. The maximum absolute atomic E-state index is 12.7. The van der Waals surface area contributed by atoms with Crippen molar-refractivity contribution in [3.8, 4) is 17.1 Å². The summed E-state index contributed by atoms with van der Waals surface area (Å²) >= 11 is 7.48. The van der Waals surface area contributed by atoms with Crippen LogP contribution in [-0.4, -0.2) is 33.5 Å². The van der Waals surface area contributed by atoms with Gasteiger partial charge in [-0.05, 0) is 37.1 Å². The van der Waals surface area contributed by atoms with Crippen LogP contribution < -0.4 is 10.1 Å². The third-order valence-corrected chi connectivity index (χ3v) is 6.46. The molecule has 0 saturated carbocycles. The van der Waals surface area contributed by atoms with E-state index in [1.165, 1.54) is 18.9 Å². The molecule has 2 aromatic heterocycles. The molecule has 0 aliphatic heterocycles. The molecule has 170 valence electrons. The van der Waals surface area contributed by atoms with Crippen LogP contribution >= 0.6 is 23.4 Å². The van der Waals surface area contributed by atoms with E-state index < -0.39 is 0 Å². The molecule has 0 radical (unpaired) electrons. The average molecular weight is 483 g/mol. The Hall–Kier alpha value is -3.23. The molecule has 4 aromatic rings. The molecule has 4 rings (SSSR count). The summed E-state index contributed by atoms with van der Waals surface area (Å²) in [5, 5.41) is 12.9. The normalized spacial score (nSPS) is 10.9. The molecule has 0 aliphatic carbocycles. The van der Waals surface area contributed by atoms with E-state index in [2.05, 4.69) is 15.5 Å². The van der Waals surface area contributed by atoms with Crippen LogP contribution in [0.25, 0.3) is 11.4 Å². The standard InChI is InChI=1S/C24H23ClN4O3S/c1-15-11-20(21(31-3)12-19(15)25)26-22(30)14-33-24-28-27-23(18-9-10-32-16(18)2)29(24)13-17-7-5-4-6-8-17/h4-12H,13-14H2,1-3H3,(H,26,30). The first-order chi connectivity index (χ1) is 16.0. The molecule has 0 atom stereocenters. The van der Waals surface area contributed by atoms with Gasteiger partial charge in [0.25, 0.3) is 0 Å². The fourth-order valence-electron chi connectivity index (χ4n) is 3.37. The lowest BCUT2D eigenvalue weighted by molar-refractivity contribution is -0.113. The number of nitrogens with one attached hydrogen (secondary N) is 1. The van der Waals surface area contributed by atoms with Crippen molar-refractivity contribution < 1.29 is 13.9 Å². The van der Waals surface area contributed by atoms with E-state index in [1.807, 2.05) is 54.8 Å². The Bertz CT molecular complexity index is 1270. The number of thioether (sulfide) groups is 1. The van der Waals surface area contributed by atoms with Crippen LogP contribution in [0.3, 0.4) is 0 Å². The Labute approximate surface area is 201 Å². The lowest BCUT2D eigenvalue weighted by Gasteiger charge is -2.13. The predicted octanol–water partition coefficient (Wildman–Crippen LogP) is 5.60. The number of aromatic nitrogens is 3. The third kappa shape index (κ3) is 5.23. The maximum atomic E-state index is 12.7. The highest BCUT2D eigenvalue weighted by Gasteiger charge is 2.19. The number of hydrogen-bond acceptors (Lipinski definition) is 6. The summed E-state index contributed by atoms with van der Waals surface area (Å²) in [4.78, 5) is 12.7. The number of benzene rings is 2. The molecule has 0 unspecified atom stereocenters. The summed E-state index contributed by atoms with van der Waals surface area (Å²) in [6.45, 7) is 4.33. The Balaban J connectivity index is 1.54. The lowest BCUT2D eigenvalue weighted by Crippen LogP contribution is -2.15. The second-order valence-electron chi connectivity index (χ2n) is 7.41. The predicted molar refractivity (Wildman–Crippen MR) is 130 cm³/mol. The van der Waals surface area contributed by atoms with Gasteiger partial charge in [-0.1, -0.05) is 53.7 Å². The van der Waals surface area contributed by atoms with Gasteiger partial charge in [0.2, 0.25) is 5.91 Å². The average Bonchev–Trinajstić information content (AvgIpc) is 3.40. The molecular weight excluding hydrogens is 460 g/mol. The number of carbonyl (C=O) groups excluding carboxylic acids is 1. The van der Waals surface area contributed by atoms with E-state index in [0.29, 0.717) is 34.0 Å². The van der Waals surface area contributed by atoms with Gasteiger partial charge in [0, 0.05) is 11.1 Å². The minimum Gasteiger partial charge on any atom is -0.495 e. The maximum Gasteiger partial charge on any atom is 0.234 e. The Morgan fingerprint density at radius 1 is 1.18 bits per heavy atom. The number of ether oxygens (including phenoxy) is 1. The molecule has 1 N–H and O–H groups in total. The molecule has 1 amide bonds. The molecule has 33 heavy (non-hydrogen) atoms. The molecule has 0 fully saturated rings. The van der Waals surface area contributed by atoms with Crippen LogP contribution in [0, 0.1) is 13.8 Å². The van der Waals surface area contributed by atoms with Gasteiger partial charge in [-0.25, -0.2) is 0 Å². The Morgan fingerprint density at radius 2 is 1.97 bits per heavy atom. The van der Waals surface area contributed by atoms with Crippen molar-refractivity contribution in [1.29, 1.82) is 0 Å². The van der Waals surface area contributed by atoms with Crippen molar-refractivity contribution in [3.05, 3.63) is 76.7 Å². The molecule has 0 spiro atoms. The third-order valence-electron chi connectivity index (χ3n) is 5.09. The first-order valence-electron chi connectivity index (χ1n) is 10.2. The van der Waals surface area contributed by atoms with Crippen LogP contribution in [-0.2, 0) is 11.3 Å². The number of anilines is 1. The Morgan fingerprint density at radius 3 is 2.67 bits per heavy atom. The highest BCUT2D eigenvalue weighted by atomic mass is 35.5. The number of furan rings is 1. The second-order valence-corrected chi connectivity index (χ2v) is 8.76. The number of aryl methyl sites for hydroxylation is 2. The zero-order chi connectivity index (χ0) is 23.4. The van der Waals surface area contributed by atoms with Crippen molar-refractivity contribution in [2.45, 2.75) is 25.5 Å². The monoisotopic (exact) mass is 482 g/mol. The summed E-state index contributed by atoms with van der Waals surface area (Å²) in [6, 6.07) is 15.4. The van der Waals surface area contributed by atoms with E-state index in [-0.39, 0.29) is 11.7 Å². The van der Waals surface area contributed by atoms with Crippen LogP contribution in [0.4, 0.5) is 5.69 Å². The highest BCUT2D eigenvalue weighted by Crippen LogP contribution is 2.32. The van der Waals surface area contributed by atoms with Gasteiger partial charge in [-0.2, -0.15) is 0 Å². The van der Waals surface area contributed by atoms with Crippen LogP contribution in [0.1, 0.15) is 16.9 Å². The minimum atomic E-state index is -0.185. The SMILES string of the molecule is COc1cc(Cl)c(C)cc1NC(=O)CSc1nnc(-c2ccoc2C)n1Cc1ccccc1. The van der Waals surface area contributed by atoms with Gasteiger partial charge in [0.1, 0.15) is 11.5 Å². The number of nitrogens with zero attached hydrogens (tertiary/aromatic N) is 3. The molecule has 2 aromatic carbocycles. The summed E-state index contributed by atoms with van der Waals surface area (Å²) < 4.78 is 12.8. The summed E-state index contributed by atoms with van der Waals surface area (Å²) in [7, 11) is 1.54. The summed E-state index contributed by atoms with van der Waals surface area (Å²) in [6.07, 6.45) is 1.63. The van der Waals surface area contributed by atoms with Crippen molar-refractivity contribution in [2.24, 2.45) is 0 Å². The van der Waals surface area contributed by atoms with Crippen molar-refractivity contribution in [3.63, 3.8) is 0 Å². The molecule has 0 saturated heterocycles. The summed E-state index contributed by atoms with van der Waals surface area (Å²) in [5.41, 5.74) is 3.40. The second kappa shape index (κ2) is 10.1. The first kappa shape index (κ1) is 22.9. The molecular formula is C24H23ClN4O3S. The van der Waals surface area contributed by atoms with E-state index >= 15 is 0 Å². The number of rotatable bonds is 8. The van der Waals surface area contributed by atoms with E-state index in [4.69, 9.17) is 20.8 Å². The molecule has 0 bridgehead atoms. The number of methoxy groups -OCH3 is 1. The number of carbonyl (C=O) groups is 1. The van der Waals surface area contributed by atoms with Crippen molar-refractivity contribution in [1.82, 2.24) is 14.8 Å². The molecule has 0 aliphatic rings. The number of amides is 1. The van der Waals surface area contributed by atoms with E-state index in [1.54, 1.807) is 18.4 Å². The van der Waals surface area contributed by atoms with Gasteiger partial charge in [0.05, 0.1) is 36.9 Å². The fourth-order valence-corrected chi connectivity index (χ4v) is 4.26. The van der Waals surface area contributed by atoms with Crippen LogP contribution in [0.5, 0.6) is 5.75 Å². The van der Waals surface area contributed by atoms with Gasteiger partial charge in [-0.3, -0.25) is 9.36 Å². The first-order valence-corrected chi connectivity index (χ1v) is 11.6. The number of hydrogen-bond donors (Lipinski definition) is 1. The van der Waals surface area contributed by atoms with Gasteiger partial charge >= 0.3 is 0 Å². The van der Waals surface area contributed by atoms with E-state index in [9.17, 15) is 4.79 Å². The zero-order valence-electron chi connectivity index (χ0n) is 18.5. The highest BCUT2D eigenvalue weighted by molar-refractivity contribution is 7.99. The lowest BCUT2D eigenvalue weighted by atomic mass is 10.2. The topological polar surface area (TPSA) is 82.2 Å². The van der Waals surface area contributed by atoms with Crippen molar-refractivity contribution >= 4 is 35.0 Å². The van der Waals surface area contributed by atoms with E-state index in [0.717, 1.165) is 22.5 Å². The minimum absolute atomic E-state index is 0.155. The fraction of sp³-hybridized carbons (Fsp3) is 0.208. The van der Waals surface area contributed by atoms with Crippen molar-refractivity contribution in [2.75, 3.05) is 18.2 Å². The van der Waals surface area contributed by atoms with Gasteiger partial charge < -0.3 is 14.5 Å². The van der Waals surface area contributed by atoms with Crippen LogP contribution in [0.15, 0.2) is 64.4 Å². The molecule has 9 heteroatoms. The smallest absolute Gasteiger partial charge is 0.234 e.